The lowest BCUT2D eigenvalue weighted by molar-refractivity contribution is -0.131. The summed E-state index contributed by atoms with van der Waals surface area (Å²) in [5.74, 6) is -0.187. The Labute approximate surface area is 184 Å². The molecule has 2 aliphatic rings. The summed E-state index contributed by atoms with van der Waals surface area (Å²) >= 11 is 0. The normalized spacial score (nSPS) is 15.3. The quantitative estimate of drug-likeness (QED) is 0.437. The fourth-order valence-corrected chi connectivity index (χ4v) is 3.83. The van der Waals surface area contributed by atoms with Crippen molar-refractivity contribution in [3.63, 3.8) is 0 Å². The van der Waals surface area contributed by atoms with E-state index in [1.165, 1.54) is 24.3 Å². The molecule has 1 aliphatic carbocycles. The number of nitrogens with zero attached hydrogens (tertiary/aromatic N) is 1. The number of halogens is 1. The second-order valence-electron chi connectivity index (χ2n) is 8.06. The summed E-state index contributed by atoms with van der Waals surface area (Å²) in [6.07, 6.45) is 3.64. The lowest BCUT2D eigenvalue weighted by Gasteiger charge is -2.16. The van der Waals surface area contributed by atoms with E-state index in [0.717, 1.165) is 35.7 Å². The van der Waals surface area contributed by atoms with Crippen LogP contribution < -0.4 is 21.3 Å². The molecule has 3 aromatic rings. The largest absolute Gasteiger partial charge is 0.369 e. The smallest absolute Gasteiger partial charge is 0.240 e. The van der Waals surface area contributed by atoms with Gasteiger partial charge in [-0.15, -0.1) is 0 Å². The van der Waals surface area contributed by atoms with Crippen molar-refractivity contribution < 1.29 is 14.0 Å². The Bertz CT molecular complexity index is 1170. The zero-order chi connectivity index (χ0) is 22.1. The van der Waals surface area contributed by atoms with Gasteiger partial charge in [-0.25, -0.2) is 9.37 Å². The summed E-state index contributed by atoms with van der Waals surface area (Å²) in [7, 11) is 0. The summed E-state index contributed by atoms with van der Waals surface area (Å²) in [4.78, 5) is 29.8. The Balaban J connectivity index is 1.22. The molecule has 1 aromatic heterocycles. The number of aromatic nitrogens is 1. The van der Waals surface area contributed by atoms with Gasteiger partial charge in [0.25, 0.3) is 0 Å². The molecular weight excluding hydrogens is 409 g/mol. The zero-order valence-corrected chi connectivity index (χ0v) is 17.2. The molecule has 1 saturated carbocycles. The molecule has 0 radical (unpaired) electrons. The summed E-state index contributed by atoms with van der Waals surface area (Å²) < 4.78 is 13.1. The highest BCUT2D eigenvalue weighted by Crippen LogP contribution is 2.47. The number of fused-ring (bicyclic) bond motifs is 1. The number of carbonyl (C=O) groups excluding carboxylic acids is 2. The van der Waals surface area contributed by atoms with Gasteiger partial charge < -0.3 is 21.3 Å². The third kappa shape index (κ3) is 3.87. The van der Waals surface area contributed by atoms with Crippen molar-refractivity contribution >= 4 is 40.4 Å². The van der Waals surface area contributed by atoms with Crippen molar-refractivity contribution in [1.82, 2.24) is 4.98 Å². The van der Waals surface area contributed by atoms with Crippen molar-refractivity contribution in [1.29, 1.82) is 0 Å². The average Bonchev–Trinajstić information content (AvgIpc) is 3.48. The maximum absolute atomic E-state index is 13.1. The van der Waals surface area contributed by atoms with Gasteiger partial charge in [-0.1, -0.05) is 0 Å². The van der Waals surface area contributed by atoms with Crippen LogP contribution in [0.5, 0.6) is 0 Å². The van der Waals surface area contributed by atoms with Gasteiger partial charge in [-0.2, -0.15) is 0 Å². The van der Waals surface area contributed by atoms with Crippen LogP contribution in [0.15, 0.2) is 60.8 Å². The van der Waals surface area contributed by atoms with Crippen LogP contribution in [0.2, 0.25) is 0 Å². The van der Waals surface area contributed by atoms with Crippen molar-refractivity contribution in [2.75, 3.05) is 27.8 Å². The molecule has 2 amide bonds. The molecule has 32 heavy (non-hydrogen) atoms. The molecule has 2 heterocycles. The molecular formula is C24H22FN5O2. The van der Waals surface area contributed by atoms with E-state index in [1.807, 2.05) is 18.2 Å². The van der Waals surface area contributed by atoms with E-state index in [4.69, 9.17) is 0 Å². The van der Waals surface area contributed by atoms with Crippen LogP contribution in [0.4, 0.5) is 33.0 Å². The number of amides is 2. The van der Waals surface area contributed by atoms with Gasteiger partial charge in [-0.05, 0) is 73.9 Å². The predicted molar refractivity (Wildman–Crippen MR) is 121 cm³/mol. The van der Waals surface area contributed by atoms with E-state index in [9.17, 15) is 14.0 Å². The number of rotatable bonds is 6. The molecule has 0 spiro atoms. The van der Waals surface area contributed by atoms with Gasteiger partial charge in [-0.3, -0.25) is 9.59 Å². The minimum Gasteiger partial charge on any atom is -0.369 e. The molecule has 162 valence electrons. The number of hydrogen-bond acceptors (Lipinski definition) is 5. The summed E-state index contributed by atoms with van der Waals surface area (Å²) in [5, 5.41) is 12.2. The number of pyridine rings is 1. The topological polar surface area (TPSA) is 95.2 Å². The molecule has 1 aliphatic heterocycles. The second kappa shape index (κ2) is 7.96. The Morgan fingerprint density at radius 2 is 1.47 bits per heavy atom. The highest BCUT2D eigenvalue weighted by atomic mass is 19.1. The maximum Gasteiger partial charge on any atom is 0.240 e. The predicted octanol–water partition coefficient (Wildman–Crippen LogP) is 4.29. The molecule has 0 saturated heterocycles. The lowest BCUT2D eigenvalue weighted by Crippen LogP contribution is -2.35. The monoisotopic (exact) mass is 431 g/mol. The van der Waals surface area contributed by atoms with E-state index in [2.05, 4.69) is 26.3 Å². The van der Waals surface area contributed by atoms with Gasteiger partial charge in [0.1, 0.15) is 17.1 Å². The van der Waals surface area contributed by atoms with Crippen LogP contribution in [0.3, 0.4) is 0 Å². The third-order valence-electron chi connectivity index (χ3n) is 5.87. The number of hydrogen-bond donors (Lipinski definition) is 4. The fraction of sp³-hybridized carbons (Fsp3) is 0.208. The fourth-order valence-electron chi connectivity index (χ4n) is 3.83. The standard InChI is InChI=1S/C24H22FN5O2/c25-15-1-3-17(4-2-15)29-22(31)24(11-12-24)23(32)30-18-7-5-16(6-8-18)28-20-10-14-27-21-19(20)9-13-26-21/h1-8,10,14H,9,11-13H2,(H,29,31)(H,30,32)(H2,26,27,28). The number of anilines is 5. The van der Waals surface area contributed by atoms with Crippen LogP contribution in [0.25, 0.3) is 0 Å². The average molecular weight is 431 g/mol. The Hall–Kier alpha value is -3.94. The molecule has 2 aromatic carbocycles. The van der Waals surface area contributed by atoms with E-state index < -0.39 is 5.41 Å². The maximum atomic E-state index is 13.1. The highest BCUT2D eigenvalue weighted by molar-refractivity contribution is 6.16. The second-order valence-corrected chi connectivity index (χ2v) is 8.06. The van der Waals surface area contributed by atoms with Crippen molar-refractivity contribution in [2.45, 2.75) is 19.3 Å². The summed E-state index contributed by atoms with van der Waals surface area (Å²) in [6.45, 7) is 0.877. The zero-order valence-electron chi connectivity index (χ0n) is 17.2. The molecule has 8 heteroatoms. The van der Waals surface area contributed by atoms with Gasteiger partial charge in [0.15, 0.2) is 0 Å². The first-order chi connectivity index (χ1) is 15.5. The minimum atomic E-state index is -1.09. The molecule has 7 nitrogen and oxygen atoms in total. The Morgan fingerprint density at radius 1 is 0.875 bits per heavy atom. The van der Waals surface area contributed by atoms with E-state index in [0.29, 0.717) is 24.2 Å². The van der Waals surface area contributed by atoms with E-state index in [1.54, 1.807) is 18.3 Å². The van der Waals surface area contributed by atoms with Gasteiger partial charge in [0.2, 0.25) is 11.8 Å². The Morgan fingerprint density at radius 3 is 2.09 bits per heavy atom. The lowest BCUT2D eigenvalue weighted by atomic mass is 10.0. The van der Waals surface area contributed by atoms with Gasteiger partial charge in [0.05, 0.1) is 0 Å². The first kappa shape index (κ1) is 20.0. The van der Waals surface area contributed by atoms with Crippen LogP contribution in [-0.2, 0) is 16.0 Å². The van der Waals surface area contributed by atoms with Gasteiger partial charge in [0, 0.05) is 41.1 Å². The SMILES string of the molecule is O=C(Nc1ccc(F)cc1)C1(C(=O)Nc2ccc(Nc3ccnc4c3CCN4)cc2)CC1. The molecule has 1 fully saturated rings. The number of nitrogens with one attached hydrogen (secondary N) is 4. The van der Waals surface area contributed by atoms with Crippen LogP contribution in [0, 0.1) is 11.2 Å². The summed E-state index contributed by atoms with van der Waals surface area (Å²) in [6, 6.07) is 14.8. The van der Waals surface area contributed by atoms with Crippen LogP contribution in [0.1, 0.15) is 18.4 Å². The molecule has 0 bridgehead atoms. The van der Waals surface area contributed by atoms with Crippen LogP contribution in [-0.4, -0.2) is 23.3 Å². The molecule has 0 atom stereocenters. The number of carbonyl (C=O) groups is 2. The van der Waals surface area contributed by atoms with Gasteiger partial charge >= 0.3 is 0 Å². The van der Waals surface area contributed by atoms with Crippen molar-refractivity contribution in [3.8, 4) is 0 Å². The summed E-state index contributed by atoms with van der Waals surface area (Å²) in [5.41, 5.74) is 3.04. The minimum absolute atomic E-state index is 0.337. The van der Waals surface area contributed by atoms with E-state index >= 15 is 0 Å². The first-order valence-electron chi connectivity index (χ1n) is 10.5. The molecule has 0 unspecified atom stereocenters. The highest BCUT2D eigenvalue weighted by Gasteiger charge is 2.56. The number of benzene rings is 2. The van der Waals surface area contributed by atoms with Crippen molar-refractivity contribution in [2.24, 2.45) is 5.41 Å². The van der Waals surface area contributed by atoms with Crippen molar-refractivity contribution in [3.05, 3.63) is 72.2 Å². The third-order valence-corrected chi connectivity index (χ3v) is 5.87. The first-order valence-corrected chi connectivity index (χ1v) is 10.5. The molecule has 5 rings (SSSR count). The molecule has 4 N–H and O–H groups in total. The van der Waals surface area contributed by atoms with E-state index in [-0.39, 0.29) is 17.6 Å². The van der Waals surface area contributed by atoms with Crippen LogP contribution >= 0.6 is 0 Å². The Kier molecular flexibility index (Phi) is 4.97.